The SMILES string of the molecule is N#CC1=C(N)Oc2nc[nH]c(=O)c2[C@@H]1c1ccc2c(c1)OCO2. The molecule has 2 aromatic rings. The average molecular weight is 310 g/mol. The van der Waals surface area contributed by atoms with Crippen LogP contribution < -0.4 is 25.5 Å². The van der Waals surface area contributed by atoms with Crippen LogP contribution in [0.15, 0.2) is 40.8 Å². The maximum Gasteiger partial charge on any atom is 0.258 e. The first kappa shape index (κ1) is 13.2. The van der Waals surface area contributed by atoms with Crippen molar-refractivity contribution in [3.8, 4) is 23.4 Å². The summed E-state index contributed by atoms with van der Waals surface area (Å²) in [7, 11) is 0. The fourth-order valence-electron chi connectivity index (χ4n) is 2.72. The molecule has 0 bridgehead atoms. The highest BCUT2D eigenvalue weighted by atomic mass is 16.7. The molecule has 8 nitrogen and oxygen atoms in total. The van der Waals surface area contributed by atoms with Gasteiger partial charge in [0.25, 0.3) is 5.56 Å². The molecule has 1 aromatic carbocycles. The zero-order valence-electron chi connectivity index (χ0n) is 11.7. The van der Waals surface area contributed by atoms with Gasteiger partial charge in [-0.1, -0.05) is 6.07 Å². The minimum absolute atomic E-state index is 0.0687. The molecule has 23 heavy (non-hydrogen) atoms. The third-order valence-corrected chi connectivity index (χ3v) is 3.75. The van der Waals surface area contributed by atoms with Gasteiger partial charge in [-0.15, -0.1) is 0 Å². The van der Waals surface area contributed by atoms with Crippen LogP contribution >= 0.6 is 0 Å². The zero-order chi connectivity index (χ0) is 16.0. The van der Waals surface area contributed by atoms with Gasteiger partial charge in [-0.3, -0.25) is 4.79 Å². The Morgan fingerprint density at radius 2 is 2.17 bits per heavy atom. The Labute approximate surface area is 129 Å². The molecule has 2 aliphatic heterocycles. The number of hydrogen-bond acceptors (Lipinski definition) is 7. The number of allylic oxidation sites excluding steroid dienone is 1. The molecule has 0 unspecified atom stereocenters. The Kier molecular flexibility index (Phi) is 2.74. The third-order valence-electron chi connectivity index (χ3n) is 3.75. The van der Waals surface area contributed by atoms with Crippen LogP contribution in [0.25, 0.3) is 0 Å². The standard InChI is InChI=1S/C15H10N4O4/c16-4-8-11(7-1-2-9-10(3-7)22-6-21-9)12-14(20)18-5-19-15(12)23-13(8)17/h1-3,5,11H,6,17H2,(H,18,19,20)/t11-/m1/s1. The second kappa shape index (κ2) is 4.78. The topological polar surface area (TPSA) is 123 Å². The van der Waals surface area contributed by atoms with Crippen molar-refractivity contribution in [1.82, 2.24) is 9.97 Å². The van der Waals surface area contributed by atoms with Gasteiger partial charge in [-0.05, 0) is 17.7 Å². The van der Waals surface area contributed by atoms with E-state index >= 15 is 0 Å². The zero-order valence-corrected chi connectivity index (χ0v) is 11.7. The van der Waals surface area contributed by atoms with Crippen molar-refractivity contribution in [3.05, 3.63) is 57.5 Å². The van der Waals surface area contributed by atoms with Crippen LogP contribution in [-0.2, 0) is 0 Å². The highest BCUT2D eigenvalue weighted by Crippen LogP contribution is 2.42. The number of nitrogens with zero attached hydrogens (tertiary/aromatic N) is 2. The molecular weight excluding hydrogens is 300 g/mol. The monoisotopic (exact) mass is 310 g/mol. The number of hydrogen-bond donors (Lipinski definition) is 2. The number of aromatic nitrogens is 2. The molecule has 0 fully saturated rings. The molecule has 0 spiro atoms. The molecule has 3 heterocycles. The van der Waals surface area contributed by atoms with Crippen molar-refractivity contribution in [2.24, 2.45) is 5.73 Å². The van der Waals surface area contributed by atoms with Gasteiger partial charge in [0.05, 0.1) is 17.8 Å². The van der Waals surface area contributed by atoms with Gasteiger partial charge >= 0.3 is 0 Å². The lowest BCUT2D eigenvalue weighted by Crippen LogP contribution is -2.28. The number of rotatable bonds is 1. The van der Waals surface area contributed by atoms with E-state index in [1.165, 1.54) is 6.33 Å². The third kappa shape index (κ3) is 1.91. The summed E-state index contributed by atoms with van der Waals surface area (Å²) >= 11 is 0. The number of aromatic amines is 1. The molecular formula is C15H10N4O4. The van der Waals surface area contributed by atoms with Crippen LogP contribution in [0.4, 0.5) is 0 Å². The van der Waals surface area contributed by atoms with Gasteiger partial charge < -0.3 is 24.9 Å². The normalized spacial score (nSPS) is 18.1. The summed E-state index contributed by atoms with van der Waals surface area (Å²) in [5.74, 6) is 0.493. The van der Waals surface area contributed by atoms with E-state index in [2.05, 4.69) is 9.97 Å². The second-order valence-corrected chi connectivity index (χ2v) is 4.99. The van der Waals surface area contributed by atoms with Crippen molar-refractivity contribution in [2.45, 2.75) is 5.92 Å². The summed E-state index contributed by atoms with van der Waals surface area (Å²) in [6, 6.07) is 7.22. The first-order valence-corrected chi connectivity index (χ1v) is 6.73. The highest BCUT2D eigenvalue weighted by Gasteiger charge is 2.34. The number of nitrogens with two attached hydrogens (primary N) is 1. The molecule has 0 radical (unpaired) electrons. The van der Waals surface area contributed by atoms with E-state index in [9.17, 15) is 10.1 Å². The van der Waals surface area contributed by atoms with Crippen molar-refractivity contribution < 1.29 is 14.2 Å². The quantitative estimate of drug-likeness (QED) is 0.795. The van der Waals surface area contributed by atoms with E-state index < -0.39 is 11.5 Å². The van der Waals surface area contributed by atoms with Crippen molar-refractivity contribution in [1.29, 1.82) is 5.26 Å². The molecule has 2 aliphatic rings. The Bertz CT molecular complexity index is 941. The second-order valence-electron chi connectivity index (χ2n) is 4.99. The van der Waals surface area contributed by atoms with Crippen LogP contribution in [0.2, 0.25) is 0 Å². The summed E-state index contributed by atoms with van der Waals surface area (Å²) in [6.45, 7) is 0.133. The first-order valence-electron chi connectivity index (χ1n) is 6.73. The van der Waals surface area contributed by atoms with Crippen LogP contribution in [-0.4, -0.2) is 16.8 Å². The molecule has 1 aromatic heterocycles. The lowest BCUT2D eigenvalue weighted by Gasteiger charge is -2.24. The summed E-state index contributed by atoms with van der Waals surface area (Å²) in [4.78, 5) is 18.7. The number of ether oxygens (including phenoxy) is 3. The fraction of sp³-hybridized carbons (Fsp3) is 0.133. The van der Waals surface area contributed by atoms with Crippen LogP contribution in [0, 0.1) is 11.3 Å². The number of benzene rings is 1. The van der Waals surface area contributed by atoms with E-state index in [1.54, 1.807) is 18.2 Å². The average Bonchev–Trinajstić information content (AvgIpc) is 3.01. The highest BCUT2D eigenvalue weighted by molar-refractivity contribution is 5.55. The van der Waals surface area contributed by atoms with Crippen LogP contribution in [0.5, 0.6) is 17.4 Å². The van der Waals surface area contributed by atoms with Crippen molar-refractivity contribution in [3.63, 3.8) is 0 Å². The predicted molar refractivity (Wildman–Crippen MR) is 76.7 cm³/mol. The Hall–Kier alpha value is -3.47. The number of H-pyrrole nitrogens is 1. The Balaban J connectivity index is 1.96. The van der Waals surface area contributed by atoms with Gasteiger partial charge in [-0.2, -0.15) is 5.26 Å². The first-order chi connectivity index (χ1) is 11.2. The fourth-order valence-corrected chi connectivity index (χ4v) is 2.72. The van der Waals surface area contributed by atoms with Gasteiger partial charge in [0.15, 0.2) is 11.5 Å². The van der Waals surface area contributed by atoms with E-state index in [0.717, 1.165) is 0 Å². The minimum Gasteiger partial charge on any atom is -0.454 e. The van der Waals surface area contributed by atoms with Crippen molar-refractivity contribution in [2.75, 3.05) is 6.79 Å². The molecule has 1 atom stereocenters. The molecule has 0 aliphatic carbocycles. The van der Waals surface area contributed by atoms with E-state index in [4.69, 9.17) is 19.9 Å². The predicted octanol–water partition coefficient (Wildman–Crippen LogP) is 0.717. The summed E-state index contributed by atoms with van der Waals surface area (Å²) in [5, 5.41) is 9.45. The largest absolute Gasteiger partial charge is 0.454 e. The van der Waals surface area contributed by atoms with Gasteiger partial charge in [0.2, 0.25) is 18.6 Å². The molecule has 3 N–H and O–H groups in total. The Morgan fingerprint density at radius 3 is 3.00 bits per heavy atom. The summed E-state index contributed by atoms with van der Waals surface area (Å²) in [6.07, 6.45) is 1.22. The molecule has 0 saturated carbocycles. The van der Waals surface area contributed by atoms with Crippen molar-refractivity contribution >= 4 is 0 Å². The van der Waals surface area contributed by atoms with Crippen LogP contribution in [0.1, 0.15) is 17.0 Å². The molecule has 0 amide bonds. The van der Waals surface area contributed by atoms with Crippen LogP contribution in [0.3, 0.4) is 0 Å². The molecule has 114 valence electrons. The van der Waals surface area contributed by atoms with Gasteiger partial charge in [0.1, 0.15) is 11.6 Å². The molecule has 0 saturated heterocycles. The van der Waals surface area contributed by atoms with Gasteiger partial charge in [0, 0.05) is 0 Å². The smallest absolute Gasteiger partial charge is 0.258 e. The molecule has 4 rings (SSSR count). The van der Waals surface area contributed by atoms with E-state index in [0.29, 0.717) is 17.1 Å². The lowest BCUT2D eigenvalue weighted by molar-refractivity contribution is 0.174. The number of nitrogens with one attached hydrogen (secondary N) is 1. The molecule has 8 heteroatoms. The van der Waals surface area contributed by atoms with E-state index in [1.807, 2.05) is 6.07 Å². The lowest BCUT2D eigenvalue weighted by atomic mass is 9.85. The summed E-state index contributed by atoms with van der Waals surface area (Å²) in [5.41, 5.74) is 6.48. The van der Waals surface area contributed by atoms with Gasteiger partial charge in [-0.25, -0.2) is 4.98 Å². The minimum atomic E-state index is -0.685. The van der Waals surface area contributed by atoms with E-state index in [-0.39, 0.29) is 29.7 Å². The maximum atomic E-state index is 12.2. The summed E-state index contributed by atoms with van der Waals surface area (Å²) < 4.78 is 15.9. The number of fused-ring (bicyclic) bond motifs is 2. The maximum absolute atomic E-state index is 12.2. The Morgan fingerprint density at radius 1 is 1.35 bits per heavy atom. The number of nitriles is 1.